The molecule has 2 aromatic rings. The van der Waals surface area contributed by atoms with Gasteiger partial charge in [-0.05, 0) is 22.4 Å². The highest BCUT2D eigenvalue weighted by Gasteiger charge is 2.05. The van der Waals surface area contributed by atoms with Crippen molar-refractivity contribution in [2.75, 3.05) is 11.9 Å². The molecular formula is C11H12N4S2. The van der Waals surface area contributed by atoms with Gasteiger partial charge in [-0.15, -0.1) is 0 Å². The third-order valence-electron chi connectivity index (χ3n) is 2.28. The summed E-state index contributed by atoms with van der Waals surface area (Å²) < 4.78 is 0. The monoisotopic (exact) mass is 264 g/mol. The van der Waals surface area contributed by atoms with Crippen LogP contribution < -0.4 is 10.6 Å². The fourth-order valence-corrected chi connectivity index (χ4v) is 2.15. The topological polar surface area (TPSA) is 55.0 Å². The van der Waals surface area contributed by atoms with Gasteiger partial charge in [0.25, 0.3) is 0 Å². The Hall–Kier alpha value is -1.53. The van der Waals surface area contributed by atoms with Crippen molar-refractivity contribution in [1.82, 2.24) is 9.97 Å². The quantitative estimate of drug-likeness (QED) is 0.854. The molecule has 4 nitrogen and oxygen atoms in total. The van der Waals surface area contributed by atoms with Crippen molar-refractivity contribution in [1.29, 1.82) is 0 Å². The lowest BCUT2D eigenvalue weighted by molar-refractivity contribution is 0.892. The Morgan fingerprint density at radius 2 is 2.29 bits per heavy atom. The number of anilines is 1. The van der Waals surface area contributed by atoms with Crippen molar-refractivity contribution in [2.24, 2.45) is 5.73 Å². The van der Waals surface area contributed by atoms with Gasteiger partial charge in [0.2, 0.25) is 0 Å². The molecule has 2 rings (SSSR count). The molecule has 0 aliphatic carbocycles. The molecular weight excluding hydrogens is 252 g/mol. The van der Waals surface area contributed by atoms with Gasteiger partial charge in [-0.25, -0.2) is 9.97 Å². The summed E-state index contributed by atoms with van der Waals surface area (Å²) in [5.74, 6) is 0.802. The smallest absolute Gasteiger partial charge is 0.147 e. The van der Waals surface area contributed by atoms with Crippen LogP contribution in [0.3, 0.4) is 0 Å². The Kier molecular flexibility index (Phi) is 3.65. The molecule has 0 radical (unpaired) electrons. The SMILES string of the molecule is CN(Cc1ccsc1)c1cnc(C(N)=S)cn1. The Balaban J connectivity index is 2.09. The average Bonchev–Trinajstić information content (AvgIpc) is 2.82. The van der Waals surface area contributed by atoms with Crippen molar-refractivity contribution in [3.63, 3.8) is 0 Å². The van der Waals surface area contributed by atoms with E-state index < -0.39 is 0 Å². The first kappa shape index (κ1) is 11.9. The third kappa shape index (κ3) is 2.98. The van der Waals surface area contributed by atoms with E-state index in [0.717, 1.165) is 12.4 Å². The van der Waals surface area contributed by atoms with Gasteiger partial charge < -0.3 is 10.6 Å². The summed E-state index contributed by atoms with van der Waals surface area (Å²) in [6.07, 6.45) is 3.28. The fraction of sp³-hybridized carbons (Fsp3) is 0.182. The third-order valence-corrected chi connectivity index (χ3v) is 3.22. The van der Waals surface area contributed by atoms with Crippen LogP contribution in [0.25, 0.3) is 0 Å². The highest BCUT2D eigenvalue weighted by atomic mass is 32.1. The van der Waals surface area contributed by atoms with E-state index in [-0.39, 0.29) is 4.99 Å². The Morgan fingerprint density at radius 1 is 1.47 bits per heavy atom. The summed E-state index contributed by atoms with van der Waals surface area (Å²) in [6, 6.07) is 2.10. The molecule has 0 spiro atoms. The molecule has 0 fully saturated rings. The molecule has 0 unspecified atom stereocenters. The Morgan fingerprint density at radius 3 is 2.82 bits per heavy atom. The van der Waals surface area contributed by atoms with Crippen LogP contribution in [0.1, 0.15) is 11.3 Å². The first-order chi connectivity index (χ1) is 8.16. The molecule has 6 heteroatoms. The summed E-state index contributed by atoms with van der Waals surface area (Å²) in [7, 11) is 1.97. The highest BCUT2D eigenvalue weighted by molar-refractivity contribution is 7.80. The molecule has 17 heavy (non-hydrogen) atoms. The molecule has 0 bridgehead atoms. The highest BCUT2D eigenvalue weighted by Crippen LogP contribution is 2.13. The number of nitrogens with two attached hydrogens (primary N) is 1. The van der Waals surface area contributed by atoms with Crippen molar-refractivity contribution in [3.05, 3.63) is 40.5 Å². The summed E-state index contributed by atoms with van der Waals surface area (Å²) in [5, 5.41) is 4.18. The zero-order valence-corrected chi connectivity index (χ0v) is 11.0. The number of hydrogen-bond acceptors (Lipinski definition) is 5. The second-order valence-electron chi connectivity index (χ2n) is 3.61. The maximum atomic E-state index is 5.47. The van der Waals surface area contributed by atoms with Crippen LogP contribution in [0.2, 0.25) is 0 Å². The number of aromatic nitrogens is 2. The van der Waals surface area contributed by atoms with Gasteiger partial charge >= 0.3 is 0 Å². The van der Waals surface area contributed by atoms with Gasteiger partial charge in [0.15, 0.2) is 0 Å². The van der Waals surface area contributed by atoms with Crippen molar-refractivity contribution < 1.29 is 0 Å². The molecule has 0 atom stereocenters. The zero-order valence-electron chi connectivity index (χ0n) is 9.33. The van der Waals surface area contributed by atoms with Crippen LogP contribution >= 0.6 is 23.6 Å². The molecule has 0 saturated carbocycles. The van der Waals surface area contributed by atoms with E-state index in [1.807, 2.05) is 11.9 Å². The van der Waals surface area contributed by atoms with E-state index in [4.69, 9.17) is 18.0 Å². The number of thiophene rings is 1. The fourth-order valence-electron chi connectivity index (χ4n) is 1.38. The van der Waals surface area contributed by atoms with Gasteiger partial charge in [-0.2, -0.15) is 11.3 Å². The lowest BCUT2D eigenvalue weighted by Crippen LogP contribution is -2.19. The van der Waals surface area contributed by atoms with Gasteiger partial charge in [0.1, 0.15) is 16.5 Å². The second-order valence-corrected chi connectivity index (χ2v) is 4.83. The number of nitrogens with zero attached hydrogens (tertiary/aromatic N) is 3. The molecule has 0 amide bonds. The molecule has 88 valence electrons. The van der Waals surface area contributed by atoms with Crippen LogP contribution in [0.5, 0.6) is 0 Å². The van der Waals surface area contributed by atoms with Gasteiger partial charge in [-0.3, -0.25) is 0 Å². The van der Waals surface area contributed by atoms with Crippen LogP contribution in [-0.4, -0.2) is 22.0 Å². The Labute approximate surface area is 109 Å². The number of rotatable bonds is 4. The number of hydrogen-bond donors (Lipinski definition) is 1. The van der Waals surface area contributed by atoms with Crippen LogP contribution in [-0.2, 0) is 6.54 Å². The molecule has 0 saturated heterocycles. The molecule has 0 aliphatic heterocycles. The second kappa shape index (κ2) is 5.20. The predicted octanol–water partition coefficient (Wildman–Crippen LogP) is 1.81. The summed E-state index contributed by atoms with van der Waals surface area (Å²) in [5.41, 5.74) is 7.28. The maximum absolute atomic E-state index is 5.47. The molecule has 0 aromatic carbocycles. The van der Waals surface area contributed by atoms with Crippen LogP contribution in [0.4, 0.5) is 5.82 Å². The minimum atomic E-state index is 0.268. The van der Waals surface area contributed by atoms with Crippen molar-refractivity contribution >= 4 is 34.4 Å². The van der Waals surface area contributed by atoms with E-state index in [2.05, 4.69) is 26.8 Å². The van der Waals surface area contributed by atoms with Crippen molar-refractivity contribution in [3.8, 4) is 0 Å². The lowest BCUT2D eigenvalue weighted by atomic mass is 10.3. The van der Waals surface area contributed by atoms with Crippen molar-refractivity contribution in [2.45, 2.75) is 6.54 Å². The molecule has 2 N–H and O–H groups in total. The van der Waals surface area contributed by atoms with Crippen LogP contribution in [0.15, 0.2) is 29.2 Å². The largest absolute Gasteiger partial charge is 0.388 e. The van der Waals surface area contributed by atoms with Crippen LogP contribution in [0, 0.1) is 0 Å². The minimum absolute atomic E-state index is 0.268. The van der Waals surface area contributed by atoms with E-state index in [1.165, 1.54) is 5.56 Å². The lowest BCUT2D eigenvalue weighted by Gasteiger charge is -2.16. The molecule has 2 aromatic heterocycles. The molecule has 0 aliphatic rings. The van der Waals surface area contributed by atoms with Gasteiger partial charge in [0, 0.05) is 13.6 Å². The van der Waals surface area contributed by atoms with Gasteiger partial charge in [0.05, 0.1) is 12.4 Å². The Bertz CT molecular complexity index is 493. The normalized spacial score (nSPS) is 10.2. The first-order valence-corrected chi connectivity index (χ1v) is 6.36. The maximum Gasteiger partial charge on any atom is 0.147 e. The first-order valence-electron chi connectivity index (χ1n) is 5.01. The van der Waals surface area contributed by atoms with E-state index in [0.29, 0.717) is 5.69 Å². The molecule has 2 heterocycles. The zero-order chi connectivity index (χ0) is 12.3. The number of thiocarbonyl (C=S) groups is 1. The summed E-state index contributed by atoms with van der Waals surface area (Å²) >= 11 is 6.51. The minimum Gasteiger partial charge on any atom is -0.388 e. The standard InChI is InChI=1S/C11H12N4S2/c1-15(6-8-2-3-17-7-8)10-5-13-9(4-14-10)11(12)16/h2-5,7H,6H2,1H3,(H2,12,16). The van der Waals surface area contributed by atoms with E-state index in [9.17, 15) is 0 Å². The van der Waals surface area contributed by atoms with Gasteiger partial charge in [-0.1, -0.05) is 12.2 Å². The summed E-state index contributed by atoms with van der Waals surface area (Å²) in [4.78, 5) is 10.7. The summed E-state index contributed by atoms with van der Waals surface area (Å²) in [6.45, 7) is 0.810. The predicted molar refractivity (Wildman–Crippen MR) is 74.3 cm³/mol. The van der Waals surface area contributed by atoms with E-state index >= 15 is 0 Å². The average molecular weight is 264 g/mol. The van der Waals surface area contributed by atoms with E-state index in [1.54, 1.807) is 23.7 Å².